The molecule has 2 rings (SSSR count). The topological polar surface area (TPSA) is 40.1 Å². The van der Waals surface area contributed by atoms with Crippen molar-refractivity contribution in [3.63, 3.8) is 0 Å². The zero-order valence-corrected chi connectivity index (χ0v) is 16.1. The minimum absolute atomic E-state index is 0.663. The van der Waals surface area contributed by atoms with Gasteiger partial charge in [0.1, 0.15) is 0 Å². The molecule has 140 valence electrons. The van der Waals surface area contributed by atoms with E-state index >= 15 is 0 Å². The van der Waals surface area contributed by atoms with Crippen molar-refractivity contribution in [2.45, 2.75) is 26.9 Å². The molecule has 1 saturated heterocycles. The van der Waals surface area contributed by atoms with E-state index in [9.17, 15) is 0 Å². The Kier molecular flexibility index (Phi) is 8.77. The van der Waals surface area contributed by atoms with Gasteiger partial charge in [-0.15, -0.1) is 0 Å². The lowest BCUT2D eigenvalue weighted by atomic mass is 10.1. The number of ether oxygens (including phenoxy) is 1. The van der Waals surface area contributed by atoms with E-state index in [2.05, 4.69) is 46.1 Å². The van der Waals surface area contributed by atoms with Gasteiger partial charge >= 0.3 is 0 Å². The molecule has 0 amide bonds. The monoisotopic (exact) mass is 346 g/mol. The molecule has 0 aliphatic carbocycles. The Morgan fingerprint density at radius 2 is 2.04 bits per heavy atom. The fourth-order valence-corrected chi connectivity index (χ4v) is 3.35. The summed E-state index contributed by atoms with van der Waals surface area (Å²) in [5, 5.41) is 3.44. The number of likely N-dealkylation sites (tertiary alicyclic amines) is 1. The summed E-state index contributed by atoms with van der Waals surface area (Å²) in [6, 6.07) is 10.3. The quantitative estimate of drug-likeness (QED) is 0.424. The van der Waals surface area contributed by atoms with Crippen LogP contribution in [0.15, 0.2) is 35.3 Å². The van der Waals surface area contributed by atoms with Crippen molar-refractivity contribution in [2.75, 3.05) is 52.9 Å². The predicted octanol–water partition coefficient (Wildman–Crippen LogP) is 2.44. The molecule has 0 spiro atoms. The van der Waals surface area contributed by atoms with E-state index in [0.717, 1.165) is 44.6 Å². The van der Waals surface area contributed by atoms with E-state index in [1.54, 1.807) is 0 Å². The minimum atomic E-state index is 0.663. The SMILES string of the molecule is CCN(CC)CC1CCN(C(=NC)NCCOCc2ccccc2)C1. The minimum Gasteiger partial charge on any atom is -0.375 e. The lowest BCUT2D eigenvalue weighted by molar-refractivity contribution is 0.125. The molecule has 1 unspecified atom stereocenters. The summed E-state index contributed by atoms with van der Waals surface area (Å²) >= 11 is 0. The number of hydrogen-bond acceptors (Lipinski definition) is 3. The number of aliphatic imine (C=N–C) groups is 1. The molecule has 0 aromatic heterocycles. The molecule has 5 heteroatoms. The summed E-state index contributed by atoms with van der Waals surface area (Å²) in [6.07, 6.45) is 1.25. The summed E-state index contributed by atoms with van der Waals surface area (Å²) in [5.41, 5.74) is 1.21. The van der Waals surface area contributed by atoms with Crippen LogP contribution in [0, 0.1) is 5.92 Å². The zero-order chi connectivity index (χ0) is 17.9. The maximum absolute atomic E-state index is 5.74. The molecular formula is C20H34N4O. The number of nitrogens with zero attached hydrogens (tertiary/aromatic N) is 3. The highest BCUT2D eigenvalue weighted by Gasteiger charge is 2.25. The maximum Gasteiger partial charge on any atom is 0.193 e. The van der Waals surface area contributed by atoms with Gasteiger partial charge in [0, 0.05) is 33.2 Å². The van der Waals surface area contributed by atoms with E-state index < -0.39 is 0 Å². The van der Waals surface area contributed by atoms with Gasteiger partial charge in [-0.05, 0) is 31.0 Å². The first-order valence-electron chi connectivity index (χ1n) is 9.56. The molecule has 1 aliphatic heterocycles. The molecule has 1 aromatic carbocycles. The van der Waals surface area contributed by atoms with E-state index in [1.807, 2.05) is 25.2 Å². The highest BCUT2D eigenvalue weighted by atomic mass is 16.5. The van der Waals surface area contributed by atoms with Gasteiger partial charge in [-0.3, -0.25) is 4.99 Å². The largest absolute Gasteiger partial charge is 0.375 e. The van der Waals surface area contributed by atoms with Crippen LogP contribution >= 0.6 is 0 Å². The average Bonchev–Trinajstić information content (AvgIpc) is 3.12. The molecule has 1 aromatic rings. The van der Waals surface area contributed by atoms with E-state index in [0.29, 0.717) is 13.2 Å². The lowest BCUT2D eigenvalue weighted by Gasteiger charge is -2.24. The van der Waals surface area contributed by atoms with Crippen LogP contribution in [0.5, 0.6) is 0 Å². The van der Waals surface area contributed by atoms with Crippen LogP contribution in [0.4, 0.5) is 0 Å². The molecule has 1 heterocycles. The molecule has 1 atom stereocenters. The van der Waals surface area contributed by atoms with Crippen molar-refractivity contribution in [3.05, 3.63) is 35.9 Å². The summed E-state index contributed by atoms with van der Waals surface area (Å²) in [7, 11) is 1.87. The molecular weight excluding hydrogens is 312 g/mol. The summed E-state index contributed by atoms with van der Waals surface area (Å²) in [4.78, 5) is 9.34. The van der Waals surface area contributed by atoms with Crippen molar-refractivity contribution in [2.24, 2.45) is 10.9 Å². The fourth-order valence-electron chi connectivity index (χ4n) is 3.35. The standard InChI is InChI=1S/C20H34N4O/c1-4-23(5-2)15-19-11-13-24(16-19)20(21-3)22-12-14-25-17-18-9-7-6-8-10-18/h6-10,19H,4-5,11-17H2,1-3H3,(H,21,22). The van der Waals surface area contributed by atoms with Crippen molar-refractivity contribution in [1.82, 2.24) is 15.1 Å². The van der Waals surface area contributed by atoms with E-state index in [-0.39, 0.29) is 0 Å². The van der Waals surface area contributed by atoms with Crippen LogP contribution in [0.25, 0.3) is 0 Å². The molecule has 1 aliphatic rings. The van der Waals surface area contributed by atoms with Crippen LogP contribution in [0.3, 0.4) is 0 Å². The fraction of sp³-hybridized carbons (Fsp3) is 0.650. The number of nitrogens with one attached hydrogen (secondary N) is 1. The smallest absolute Gasteiger partial charge is 0.193 e. The summed E-state index contributed by atoms with van der Waals surface area (Å²) < 4.78 is 5.74. The van der Waals surface area contributed by atoms with Crippen LogP contribution in [0.1, 0.15) is 25.8 Å². The average molecular weight is 347 g/mol. The molecule has 5 nitrogen and oxygen atoms in total. The number of rotatable bonds is 9. The third-order valence-electron chi connectivity index (χ3n) is 4.85. The molecule has 0 bridgehead atoms. The van der Waals surface area contributed by atoms with Gasteiger partial charge < -0.3 is 19.9 Å². The lowest BCUT2D eigenvalue weighted by Crippen LogP contribution is -2.42. The predicted molar refractivity (Wildman–Crippen MR) is 105 cm³/mol. The van der Waals surface area contributed by atoms with Gasteiger partial charge in [0.15, 0.2) is 5.96 Å². The third kappa shape index (κ3) is 6.67. The molecule has 0 radical (unpaired) electrons. The van der Waals surface area contributed by atoms with E-state index in [4.69, 9.17) is 4.74 Å². The zero-order valence-electron chi connectivity index (χ0n) is 16.1. The molecule has 0 saturated carbocycles. The van der Waals surface area contributed by atoms with Gasteiger partial charge in [0.2, 0.25) is 0 Å². The molecule has 1 N–H and O–H groups in total. The highest BCUT2D eigenvalue weighted by Crippen LogP contribution is 2.17. The molecule has 25 heavy (non-hydrogen) atoms. The molecule has 1 fully saturated rings. The first-order valence-corrected chi connectivity index (χ1v) is 9.56. The summed E-state index contributed by atoms with van der Waals surface area (Å²) in [5.74, 6) is 1.75. The van der Waals surface area contributed by atoms with Crippen molar-refractivity contribution in [1.29, 1.82) is 0 Å². The van der Waals surface area contributed by atoms with Gasteiger partial charge in [-0.25, -0.2) is 0 Å². The first-order chi connectivity index (χ1) is 12.3. The van der Waals surface area contributed by atoms with Gasteiger partial charge in [-0.1, -0.05) is 44.2 Å². The van der Waals surface area contributed by atoms with Gasteiger partial charge in [-0.2, -0.15) is 0 Å². The first kappa shape index (κ1) is 19.7. The van der Waals surface area contributed by atoms with Crippen LogP contribution in [0.2, 0.25) is 0 Å². The Bertz CT molecular complexity index is 502. The second-order valence-corrected chi connectivity index (χ2v) is 6.60. The Labute approximate surface area is 153 Å². The van der Waals surface area contributed by atoms with Crippen LogP contribution < -0.4 is 5.32 Å². The van der Waals surface area contributed by atoms with Crippen molar-refractivity contribution in [3.8, 4) is 0 Å². The second kappa shape index (κ2) is 11.1. The number of guanidine groups is 1. The Morgan fingerprint density at radius 1 is 1.28 bits per heavy atom. The van der Waals surface area contributed by atoms with Crippen molar-refractivity contribution < 1.29 is 4.74 Å². The van der Waals surface area contributed by atoms with Crippen molar-refractivity contribution >= 4 is 5.96 Å². The van der Waals surface area contributed by atoms with Gasteiger partial charge in [0.05, 0.1) is 13.2 Å². The highest BCUT2D eigenvalue weighted by molar-refractivity contribution is 5.80. The van der Waals surface area contributed by atoms with Gasteiger partial charge in [0.25, 0.3) is 0 Å². The normalized spacial score (nSPS) is 18.2. The van der Waals surface area contributed by atoms with E-state index in [1.165, 1.54) is 18.5 Å². The second-order valence-electron chi connectivity index (χ2n) is 6.60. The summed E-state index contributed by atoms with van der Waals surface area (Å²) in [6.45, 7) is 12.3. The Hall–Kier alpha value is -1.59. The maximum atomic E-state index is 5.74. The number of benzene rings is 1. The van der Waals surface area contributed by atoms with Crippen LogP contribution in [-0.2, 0) is 11.3 Å². The Morgan fingerprint density at radius 3 is 2.72 bits per heavy atom. The van der Waals surface area contributed by atoms with Crippen LogP contribution in [-0.4, -0.2) is 68.7 Å². The Balaban J connectivity index is 1.65. The third-order valence-corrected chi connectivity index (χ3v) is 4.85. The number of hydrogen-bond donors (Lipinski definition) is 1.